The lowest BCUT2D eigenvalue weighted by Crippen LogP contribution is -2.33. The molecule has 2 aliphatic heterocycles. The zero-order valence-electron chi connectivity index (χ0n) is 5.20. The zero-order chi connectivity index (χ0) is 6.10. The molecule has 0 spiro atoms. The molecule has 0 aliphatic carbocycles. The number of nitrogens with zero attached hydrogens (tertiary/aromatic N) is 3. The summed E-state index contributed by atoms with van der Waals surface area (Å²) in [6, 6.07) is 0. The second kappa shape index (κ2) is 1.83. The second-order valence-corrected chi connectivity index (χ2v) is 2.32. The van der Waals surface area contributed by atoms with Crippen LogP contribution in [0, 0.1) is 0 Å². The first-order chi connectivity index (χ1) is 4.47. The highest BCUT2D eigenvalue weighted by Gasteiger charge is 2.19. The second-order valence-electron chi connectivity index (χ2n) is 2.32. The normalized spacial score (nSPS) is 31.1. The number of hydrogen-bond acceptors (Lipinski definition) is 3. The molecule has 0 amide bonds. The zero-order valence-corrected chi connectivity index (χ0v) is 5.20. The molecule has 3 heteroatoms. The third-order valence-electron chi connectivity index (χ3n) is 1.68. The fraction of sp³-hybridized carbons (Fsp3) is 0.667. The van der Waals surface area contributed by atoms with Crippen molar-refractivity contribution in [2.75, 3.05) is 13.1 Å². The molecule has 0 aromatic carbocycles. The van der Waals surface area contributed by atoms with E-state index >= 15 is 0 Å². The molecule has 0 bridgehead atoms. The molecule has 9 heavy (non-hydrogen) atoms. The Morgan fingerprint density at radius 1 is 1.56 bits per heavy atom. The smallest absolute Gasteiger partial charge is 0.141 e. The first-order valence-electron chi connectivity index (χ1n) is 3.24. The standard InChI is InChI=1S/C6H9N3/c1-2-8-6-4-7-5-9(6)3-1/h2,5-6H,1,3-4H2. The summed E-state index contributed by atoms with van der Waals surface area (Å²) in [4.78, 5) is 10.6. The van der Waals surface area contributed by atoms with Crippen molar-refractivity contribution in [1.82, 2.24) is 4.90 Å². The molecule has 3 nitrogen and oxygen atoms in total. The van der Waals surface area contributed by atoms with Crippen LogP contribution >= 0.6 is 0 Å². The summed E-state index contributed by atoms with van der Waals surface area (Å²) >= 11 is 0. The SMILES string of the molecule is C1=NCC2N=CCCN12. The van der Waals surface area contributed by atoms with E-state index in [-0.39, 0.29) is 0 Å². The van der Waals surface area contributed by atoms with E-state index in [2.05, 4.69) is 14.9 Å². The van der Waals surface area contributed by atoms with Crippen LogP contribution in [0.1, 0.15) is 6.42 Å². The van der Waals surface area contributed by atoms with Gasteiger partial charge < -0.3 is 4.90 Å². The van der Waals surface area contributed by atoms with Crippen LogP contribution in [0.5, 0.6) is 0 Å². The Bertz CT molecular complexity index is 162. The summed E-state index contributed by atoms with van der Waals surface area (Å²) in [5.41, 5.74) is 0. The molecule has 0 saturated heterocycles. The quantitative estimate of drug-likeness (QED) is 0.450. The minimum absolute atomic E-state index is 0.346. The highest BCUT2D eigenvalue weighted by Crippen LogP contribution is 2.09. The lowest BCUT2D eigenvalue weighted by Gasteiger charge is -2.22. The highest BCUT2D eigenvalue weighted by atomic mass is 15.3. The van der Waals surface area contributed by atoms with Gasteiger partial charge in [0.1, 0.15) is 6.17 Å². The van der Waals surface area contributed by atoms with Gasteiger partial charge in [-0.05, 0) is 0 Å². The Morgan fingerprint density at radius 2 is 2.56 bits per heavy atom. The topological polar surface area (TPSA) is 28.0 Å². The van der Waals surface area contributed by atoms with Crippen molar-refractivity contribution < 1.29 is 0 Å². The molecular weight excluding hydrogens is 114 g/mol. The molecule has 2 rings (SSSR count). The van der Waals surface area contributed by atoms with E-state index in [1.807, 2.05) is 12.6 Å². The maximum atomic E-state index is 4.27. The molecular formula is C6H9N3. The summed E-state index contributed by atoms with van der Waals surface area (Å²) in [6.07, 6.45) is 5.32. The van der Waals surface area contributed by atoms with Gasteiger partial charge in [-0.1, -0.05) is 0 Å². The van der Waals surface area contributed by atoms with E-state index < -0.39 is 0 Å². The lowest BCUT2D eigenvalue weighted by molar-refractivity contribution is 0.356. The van der Waals surface area contributed by atoms with Gasteiger partial charge in [-0.3, -0.25) is 9.98 Å². The van der Waals surface area contributed by atoms with Crippen LogP contribution in [-0.4, -0.2) is 36.7 Å². The van der Waals surface area contributed by atoms with Gasteiger partial charge in [0.2, 0.25) is 0 Å². The average Bonchev–Trinajstić information content (AvgIpc) is 2.33. The van der Waals surface area contributed by atoms with Crippen molar-refractivity contribution in [3.8, 4) is 0 Å². The fourth-order valence-electron chi connectivity index (χ4n) is 1.17. The van der Waals surface area contributed by atoms with Gasteiger partial charge in [0.15, 0.2) is 0 Å². The van der Waals surface area contributed by atoms with E-state index in [1.54, 1.807) is 0 Å². The third kappa shape index (κ3) is 0.724. The molecule has 0 N–H and O–H groups in total. The van der Waals surface area contributed by atoms with Crippen molar-refractivity contribution in [3.05, 3.63) is 0 Å². The van der Waals surface area contributed by atoms with Crippen LogP contribution < -0.4 is 0 Å². The van der Waals surface area contributed by atoms with Crippen molar-refractivity contribution in [2.45, 2.75) is 12.6 Å². The van der Waals surface area contributed by atoms with Crippen molar-refractivity contribution in [1.29, 1.82) is 0 Å². The molecule has 2 aliphatic rings. The van der Waals surface area contributed by atoms with Crippen molar-refractivity contribution in [3.63, 3.8) is 0 Å². The predicted molar refractivity (Wildman–Crippen MR) is 37.0 cm³/mol. The average molecular weight is 123 g/mol. The van der Waals surface area contributed by atoms with Crippen LogP contribution in [-0.2, 0) is 0 Å². The van der Waals surface area contributed by atoms with E-state index in [4.69, 9.17) is 0 Å². The first kappa shape index (κ1) is 4.97. The Labute approximate surface area is 54.1 Å². The van der Waals surface area contributed by atoms with E-state index in [0.29, 0.717) is 6.17 Å². The monoisotopic (exact) mass is 123 g/mol. The number of rotatable bonds is 0. The van der Waals surface area contributed by atoms with Gasteiger partial charge in [0, 0.05) is 19.2 Å². The number of aliphatic imine (C=N–C) groups is 2. The van der Waals surface area contributed by atoms with Gasteiger partial charge >= 0.3 is 0 Å². The van der Waals surface area contributed by atoms with Crippen LogP contribution in [0.2, 0.25) is 0 Å². The van der Waals surface area contributed by atoms with E-state index in [0.717, 1.165) is 19.5 Å². The Balaban J connectivity index is 2.16. The maximum absolute atomic E-state index is 4.27. The van der Waals surface area contributed by atoms with Crippen LogP contribution in [0.3, 0.4) is 0 Å². The molecule has 0 saturated carbocycles. The molecule has 0 radical (unpaired) electrons. The summed E-state index contributed by atoms with van der Waals surface area (Å²) < 4.78 is 0. The number of fused-ring (bicyclic) bond motifs is 1. The van der Waals surface area contributed by atoms with Gasteiger partial charge in [0.05, 0.1) is 12.9 Å². The van der Waals surface area contributed by atoms with Gasteiger partial charge in [-0.15, -0.1) is 0 Å². The molecule has 1 atom stereocenters. The van der Waals surface area contributed by atoms with Gasteiger partial charge in [-0.25, -0.2) is 0 Å². The predicted octanol–water partition coefficient (Wildman–Crippen LogP) is 0.131. The Morgan fingerprint density at radius 3 is 3.44 bits per heavy atom. The van der Waals surface area contributed by atoms with Crippen LogP contribution in [0.4, 0.5) is 0 Å². The minimum Gasteiger partial charge on any atom is -0.339 e. The molecule has 0 fully saturated rings. The molecule has 0 aromatic heterocycles. The summed E-state index contributed by atoms with van der Waals surface area (Å²) in [5.74, 6) is 0. The Hall–Kier alpha value is -0.860. The molecule has 2 heterocycles. The van der Waals surface area contributed by atoms with Gasteiger partial charge in [0.25, 0.3) is 0 Å². The lowest BCUT2D eigenvalue weighted by atomic mass is 10.3. The summed E-state index contributed by atoms with van der Waals surface area (Å²) in [6.45, 7) is 1.95. The minimum atomic E-state index is 0.346. The maximum Gasteiger partial charge on any atom is 0.141 e. The van der Waals surface area contributed by atoms with E-state index in [9.17, 15) is 0 Å². The fourth-order valence-corrected chi connectivity index (χ4v) is 1.17. The van der Waals surface area contributed by atoms with Crippen LogP contribution in [0.25, 0.3) is 0 Å². The summed E-state index contributed by atoms with van der Waals surface area (Å²) in [7, 11) is 0. The number of hydrogen-bond donors (Lipinski definition) is 0. The Kier molecular flexibility index (Phi) is 1.01. The summed E-state index contributed by atoms with van der Waals surface area (Å²) in [5, 5.41) is 0. The highest BCUT2D eigenvalue weighted by molar-refractivity contribution is 5.65. The van der Waals surface area contributed by atoms with Crippen molar-refractivity contribution in [2.24, 2.45) is 9.98 Å². The first-order valence-corrected chi connectivity index (χ1v) is 3.24. The largest absolute Gasteiger partial charge is 0.339 e. The van der Waals surface area contributed by atoms with Gasteiger partial charge in [-0.2, -0.15) is 0 Å². The van der Waals surface area contributed by atoms with Crippen LogP contribution in [0.15, 0.2) is 9.98 Å². The molecule has 0 aromatic rings. The third-order valence-corrected chi connectivity index (χ3v) is 1.68. The molecule has 1 unspecified atom stereocenters. The van der Waals surface area contributed by atoms with Crippen molar-refractivity contribution >= 4 is 12.6 Å². The molecule has 48 valence electrons. The van der Waals surface area contributed by atoms with E-state index in [1.165, 1.54) is 0 Å².